The molecule has 118 heavy (non-hydrogen) atoms. The van der Waals surface area contributed by atoms with E-state index in [-0.39, 0.29) is 0 Å². The van der Waals surface area contributed by atoms with Crippen molar-refractivity contribution in [1.82, 2.24) is 9.13 Å². The Balaban J connectivity index is 0.000000143. The lowest BCUT2D eigenvalue weighted by Crippen LogP contribution is -2.10. The third-order valence-electron chi connectivity index (χ3n) is 23.5. The Kier molecular flexibility index (Phi) is 17.1. The van der Waals surface area contributed by atoms with Crippen LogP contribution in [0.3, 0.4) is 0 Å². The van der Waals surface area contributed by atoms with Gasteiger partial charge < -0.3 is 27.8 Å². The van der Waals surface area contributed by atoms with Crippen LogP contribution in [0.2, 0.25) is 0 Å². The van der Waals surface area contributed by atoms with Gasteiger partial charge in [-0.25, -0.2) is 0 Å². The molecule has 4 heterocycles. The van der Waals surface area contributed by atoms with Gasteiger partial charge in [0.25, 0.3) is 0 Å². The predicted molar refractivity (Wildman–Crippen MR) is 496 cm³/mol. The average molecular weight is 1510 g/mol. The van der Waals surface area contributed by atoms with Crippen molar-refractivity contribution in [2.45, 2.75) is 0 Å². The van der Waals surface area contributed by atoms with Crippen LogP contribution in [0.5, 0.6) is 0 Å². The van der Waals surface area contributed by atoms with Gasteiger partial charge in [-0.3, -0.25) is 0 Å². The SMILES string of the molecule is c1ccc(N(c2ccc(-c3ccc(-c4cccc5oc6ccccc6c45)cc3)cc2)c2ccc(-c3ccc(-n4c5ccccc5c5ccccc54)cc3)cc2)cc1.c1ccc2c(N(c3ccc(-c4ccc(-c5cccc6oc7ccccc7c56)cc4)cc3)c3ccc(-c4ccc(-n5c6ccccc6c6ccccc65)cc4)cc3)cccc2c1. The molecule has 0 saturated heterocycles. The molecule has 19 aromatic carbocycles. The number of hydrogen-bond donors (Lipinski definition) is 0. The van der Waals surface area contributed by atoms with Crippen LogP contribution in [0, 0.1) is 0 Å². The first-order valence-corrected chi connectivity index (χ1v) is 40.3. The zero-order valence-electron chi connectivity index (χ0n) is 64.3. The fourth-order valence-electron chi connectivity index (χ4n) is 17.8. The van der Waals surface area contributed by atoms with Crippen molar-refractivity contribution in [1.29, 1.82) is 0 Å². The van der Waals surface area contributed by atoms with E-state index in [1.165, 1.54) is 121 Å². The van der Waals surface area contributed by atoms with Crippen LogP contribution >= 0.6 is 0 Å². The molecule has 0 atom stereocenters. The summed E-state index contributed by atoms with van der Waals surface area (Å²) in [5.41, 5.74) is 31.6. The second-order valence-electron chi connectivity index (χ2n) is 30.2. The first-order chi connectivity index (χ1) is 58.5. The molecule has 0 N–H and O–H groups in total. The molecule has 0 fully saturated rings. The standard InChI is InChI=1S/C58H38N2O.C54H36N2O/c1-2-13-48-43(11-1)12-9-20-53(48)59(45-33-27-40(28-34-45)39-23-25-44(26-24-39)49-17-10-22-57-58(49)52-16-5-8-21-56(52)61-57)46-35-29-41(30-36-46)42-31-37-47(38-32-42)60-54-18-6-3-14-50(54)51-15-4-7-19-55(51)60;1-2-11-42(12-3-1)55(43-31-25-38(26-32-43)37-21-23-41(24-22-37)46-16-10-20-53-54(46)49-15-6-9-19-52(49)57-53)44-33-27-39(28-34-44)40-29-35-45(36-30-40)56-50-17-7-4-13-47(50)48-14-5-8-18-51(48)56/h1-38H;1-36H. The Bertz CT molecular complexity index is 7560. The zero-order valence-corrected chi connectivity index (χ0v) is 64.3. The van der Waals surface area contributed by atoms with Crippen molar-refractivity contribution in [3.8, 4) is 78.1 Å². The number of benzene rings is 19. The molecule has 6 nitrogen and oxygen atoms in total. The van der Waals surface area contributed by atoms with E-state index in [9.17, 15) is 0 Å². The lowest BCUT2D eigenvalue weighted by molar-refractivity contribution is 0.668. The zero-order chi connectivity index (χ0) is 78.0. The average Bonchev–Trinajstić information content (AvgIpc) is 1.70. The Morgan fingerprint density at radius 1 is 0.169 bits per heavy atom. The maximum absolute atomic E-state index is 6.18. The van der Waals surface area contributed by atoms with E-state index in [4.69, 9.17) is 8.83 Å². The van der Waals surface area contributed by atoms with Crippen LogP contribution in [0.1, 0.15) is 0 Å². The molecule has 0 aliphatic carbocycles. The van der Waals surface area contributed by atoms with Crippen LogP contribution in [0.4, 0.5) is 34.1 Å². The minimum Gasteiger partial charge on any atom is -0.456 e. The summed E-state index contributed by atoms with van der Waals surface area (Å²) < 4.78 is 17.1. The van der Waals surface area contributed by atoms with Gasteiger partial charge in [-0.2, -0.15) is 0 Å². The van der Waals surface area contributed by atoms with Crippen LogP contribution < -0.4 is 9.80 Å². The molecule has 6 heteroatoms. The lowest BCUT2D eigenvalue weighted by Gasteiger charge is -2.27. The Morgan fingerprint density at radius 2 is 0.432 bits per heavy atom. The van der Waals surface area contributed by atoms with E-state index in [0.29, 0.717) is 0 Å². The van der Waals surface area contributed by atoms with Crippen LogP contribution in [0.15, 0.2) is 458 Å². The van der Waals surface area contributed by atoms with Gasteiger partial charge in [-0.1, -0.05) is 309 Å². The van der Waals surface area contributed by atoms with Crippen molar-refractivity contribution in [2.75, 3.05) is 9.80 Å². The minimum absolute atomic E-state index is 0.911. The van der Waals surface area contributed by atoms with Gasteiger partial charge in [0.15, 0.2) is 0 Å². The van der Waals surface area contributed by atoms with E-state index >= 15 is 0 Å². The highest BCUT2D eigenvalue weighted by Gasteiger charge is 2.21. The Hall–Kier alpha value is -15.8. The number of para-hydroxylation sites is 7. The van der Waals surface area contributed by atoms with E-state index in [1.807, 2.05) is 30.3 Å². The highest BCUT2D eigenvalue weighted by molar-refractivity contribution is 6.15. The first-order valence-electron chi connectivity index (χ1n) is 40.3. The van der Waals surface area contributed by atoms with E-state index in [0.717, 1.165) is 89.4 Å². The first kappa shape index (κ1) is 69.0. The number of rotatable bonds is 14. The van der Waals surface area contributed by atoms with E-state index in [2.05, 4.69) is 438 Å². The second-order valence-corrected chi connectivity index (χ2v) is 30.2. The Morgan fingerprint density at radius 3 is 0.814 bits per heavy atom. The van der Waals surface area contributed by atoms with Crippen LogP contribution in [0.25, 0.3) is 176 Å². The van der Waals surface area contributed by atoms with Crippen molar-refractivity contribution >= 4 is 132 Å². The summed E-state index contributed by atoms with van der Waals surface area (Å²) in [7, 11) is 0. The molecule has 23 aromatic rings. The highest BCUT2D eigenvalue weighted by atomic mass is 16.3. The maximum atomic E-state index is 6.18. The van der Waals surface area contributed by atoms with Crippen molar-refractivity contribution in [2.24, 2.45) is 0 Å². The summed E-state index contributed by atoms with van der Waals surface area (Å²) in [6.45, 7) is 0. The quantitative estimate of drug-likeness (QED) is 0.109. The summed E-state index contributed by atoms with van der Waals surface area (Å²) in [4.78, 5) is 4.69. The molecule has 4 aromatic heterocycles. The van der Waals surface area contributed by atoms with E-state index in [1.54, 1.807) is 0 Å². The molecule has 23 rings (SSSR count). The molecule has 0 radical (unpaired) electrons. The molecule has 0 saturated carbocycles. The lowest BCUT2D eigenvalue weighted by atomic mass is 9.97. The fourth-order valence-corrected chi connectivity index (χ4v) is 17.8. The summed E-state index contributed by atoms with van der Waals surface area (Å²) in [5, 5.41) is 12.1. The molecule has 0 spiro atoms. The van der Waals surface area contributed by atoms with Gasteiger partial charge >= 0.3 is 0 Å². The number of hydrogen-bond acceptors (Lipinski definition) is 4. The normalized spacial score (nSPS) is 11.6. The predicted octanol–water partition coefficient (Wildman–Crippen LogP) is 31.5. The van der Waals surface area contributed by atoms with Crippen molar-refractivity contribution in [3.05, 3.63) is 449 Å². The summed E-state index contributed by atoms with van der Waals surface area (Å²) >= 11 is 0. The summed E-state index contributed by atoms with van der Waals surface area (Å²) in [6.07, 6.45) is 0. The summed E-state index contributed by atoms with van der Waals surface area (Å²) in [6, 6.07) is 161. The monoisotopic (exact) mass is 1510 g/mol. The van der Waals surface area contributed by atoms with Gasteiger partial charge in [-0.05, 0) is 212 Å². The molecule has 0 unspecified atom stereocenters. The molecule has 0 amide bonds. The van der Waals surface area contributed by atoms with Crippen molar-refractivity contribution in [3.63, 3.8) is 0 Å². The number of fused-ring (bicyclic) bond motifs is 13. The van der Waals surface area contributed by atoms with Gasteiger partial charge in [0.05, 0.1) is 27.8 Å². The third-order valence-corrected chi connectivity index (χ3v) is 23.5. The number of anilines is 6. The maximum Gasteiger partial charge on any atom is 0.136 e. The Labute approximate surface area is 682 Å². The fraction of sp³-hybridized carbons (Fsp3) is 0. The van der Waals surface area contributed by atoms with Gasteiger partial charge in [0.1, 0.15) is 22.3 Å². The third kappa shape index (κ3) is 12.3. The molecular weight excluding hydrogens is 1430 g/mol. The largest absolute Gasteiger partial charge is 0.456 e. The topological polar surface area (TPSA) is 42.6 Å². The van der Waals surface area contributed by atoms with Gasteiger partial charge in [0, 0.05) is 88.3 Å². The highest BCUT2D eigenvalue weighted by Crippen LogP contribution is 2.45. The van der Waals surface area contributed by atoms with Crippen molar-refractivity contribution < 1.29 is 8.83 Å². The summed E-state index contributed by atoms with van der Waals surface area (Å²) in [5.74, 6) is 0. The van der Waals surface area contributed by atoms with Gasteiger partial charge in [0.2, 0.25) is 0 Å². The number of aromatic nitrogens is 2. The molecule has 554 valence electrons. The molecule has 0 aliphatic rings. The molecule has 0 aliphatic heterocycles. The van der Waals surface area contributed by atoms with Gasteiger partial charge in [-0.15, -0.1) is 0 Å². The number of furan rings is 2. The number of nitrogens with zero attached hydrogens (tertiary/aromatic N) is 4. The molecular formula is C112H74N4O2. The van der Waals surface area contributed by atoms with Crippen LogP contribution in [-0.2, 0) is 0 Å². The molecule has 0 bridgehead atoms. The van der Waals surface area contributed by atoms with Crippen LogP contribution in [-0.4, -0.2) is 9.13 Å². The van der Waals surface area contributed by atoms with E-state index < -0.39 is 0 Å². The second kappa shape index (κ2) is 29.3. The smallest absolute Gasteiger partial charge is 0.136 e. The minimum atomic E-state index is 0.911.